The Labute approximate surface area is 364 Å². The second-order valence-electron chi connectivity index (χ2n) is 19.0. The summed E-state index contributed by atoms with van der Waals surface area (Å²) in [5, 5.41) is 28.7. The van der Waals surface area contributed by atoms with Gasteiger partial charge in [0, 0.05) is 101 Å². The number of ketones is 3. The van der Waals surface area contributed by atoms with Crippen molar-refractivity contribution in [3.63, 3.8) is 0 Å². The van der Waals surface area contributed by atoms with Gasteiger partial charge in [-0.05, 0) is 0 Å². The summed E-state index contributed by atoms with van der Waals surface area (Å²) in [5.74, 6) is 0.312. The average molecular weight is 914 g/mol. The quantitative estimate of drug-likeness (QED) is 0.0817. The molecule has 0 aromatic rings. The van der Waals surface area contributed by atoms with Crippen LogP contribution in [-0.2, 0) is 38.1 Å². The van der Waals surface area contributed by atoms with Gasteiger partial charge in [0.05, 0.1) is 52.9 Å². The van der Waals surface area contributed by atoms with Crippen LogP contribution in [0.5, 0.6) is 0 Å². The standard InChI is InChI=1S/3C11H20O2.C10H22O5.La/c3*1-10(2,3)8(12)7-9(13)11(4,5)6;1-11-3-5-13-7-9-15-10-8-14-6-4-12-2;/h3*7,12H,1-6H3;3-10H2,1-2H3;/b3*8-7-;;. The summed E-state index contributed by atoms with van der Waals surface area (Å²) in [4.78, 5) is 34.5. The Morgan fingerprint density at radius 1 is 0.364 bits per heavy atom. The molecule has 0 aliphatic carbocycles. The molecular formula is C43H82LaO11. The van der Waals surface area contributed by atoms with Crippen molar-refractivity contribution in [1.29, 1.82) is 0 Å². The summed E-state index contributed by atoms with van der Waals surface area (Å²) in [6, 6.07) is 0. The SMILES string of the molecule is CC(C)(C)C(=O)/C=C(\O)C(C)(C)C.CC(C)(C)C(=O)/C=C(\O)C(C)(C)C.CC(C)(C)C(=O)/C=C(\O)C(C)(C)C.COCCOCCOCCOCCOC.[La]. The largest absolute Gasteiger partial charge is 0.512 e. The molecule has 0 aromatic heterocycles. The molecule has 0 aliphatic rings. The van der Waals surface area contributed by atoms with Gasteiger partial charge in [0.2, 0.25) is 0 Å². The molecule has 11 nitrogen and oxygen atoms in total. The Bertz CT molecular complexity index is 1010. The van der Waals surface area contributed by atoms with Gasteiger partial charge in [-0.25, -0.2) is 0 Å². The first-order valence-corrected chi connectivity index (χ1v) is 18.6. The van der Waals surface area contributed by atoms with E-state index in [4.69, 9.17) is 23.7 Å². The van der Waals surface area contributed by atoms with E-state index in [0.717, 1.165) is 0 Å². The molecule has 55 heavy (non-hydrogen) atoms. The Morgan fingerprint density at radius 2 is 0.527 bits per heavy atom. The number of carbonyl (C=O) groups is 3. The van der Waals surface area contributed by atoms with Gasteiger partial charge < -0.3 is 39.0 Å². The third-order valence-electron chi connectivity index (χ3n) is 6.93. The second-order valence-corrected chi connectivity index (χ2v) is 19.0. The van der Waals surface area contributed by atoms with E-state index < -0.39 is 16.2 Å². The molecule has 0 rings (SSSR count). The molecule has 0 saturated carbocycles. The number of ether oxygens (including phenoxy) is 5. The molecule has 0 atom stereocenters. The molecule has 0 bridgehead atoms. The minimum Gasteiger partial charge on any atom is -0.512 e. The summed E-state index contributed by atoms with van der Waals surface area (Å²) in [6.45, 7) is 38.2. The fraction of sp³-hybridized carbons (Fsp3) is 0.791. The van der Waals surface area contributed by atoms with Crippen LogP contribution < -0.4 is 0 Å². The van der Waals surface area contributed by atoms with Gasteiger partial charge >= 0.3 is 0 Å². The number of aliphatic hydroxyl groups excluding tert-OH is 3. The summed E-state index contributed by atoms with van der Waals surface area (Å²) in [6.07, 6.45) is 4.00. The van der Waals surface area contributed by atoms with E-state index in [1.165, 1.54) is 18.2 Å². The van der Waals surface area contributed by atoms with Crippen LogP contribution in [0.25, 0.3) is 0 Å². The summed E-state index contributed by atoms with van der Waals surface area (Å²) in [5.41, 5.74) is -2.29. The Balaban J connectivity index is -0.000000201. The molecule has 0 amide bonds. The van der Waals surface area contributed by atoms with Crippen LogP contribution in [0, 0.1) is 68.1 Å². The average Bonchev–Trinajstić information content (AvgIpc) is 2.98. The molecule has 0 heterocycles. The van der Waals surface area contributed by atoms with Crippen LogP contribution in [0.2, 0.25) is 0 Å². The fourth-order valence-electron chi connectivity index (χ4n) is 2.50. The third-order valence-corrected chi connectivity index (χ3v) is 6.93. The number of hydrogen-bond donors (Lipinski definition) is 3. The molecule has 0 aromatic carbocycles. The van der Waals surface area contributed by atoms with E-state index in [1.807, 2.05) is 125 Å². The second kappa shape index (κ2) is 29.8. The number of hydrogen-bond acceptors (Lipinski definition) is 11. The normalized spacial score (nSPS) is 13.2. The Hall–Kier alpha value is -1.38. The molecule has 0 fully saturated rings. The van der Waals surface area contributed by atoms with Crippen LogP contribution in [0.4, 0.5) is 0 Å². The minimum absolute atomic E-state index is 0. The van der Waals surface area contributed by atoms with Gasteiger partial charge in [0.15, 0.2) is 17.3 Å². The molecule has 323 valence electrons. The first-order chi connectivity index (χ1) is 24.1. The van der Waals surface area contributed by atoms with Gasteiger partial charge in [0.25, 0.3) is 0 Å². The number of rotatable bonds is 15. The Kier molecular flexibility index (Phi) is 34.0. The number of carbonyl (C=O) groups excluding carboxylic acids is 3. The van der Waals surface area contributed by atoms with E-state index in [0.29, 0.717) is 52.9 Å². The predicted octanol–water partition coefficient (Wildman–Crippen LogP) is 9.60. The monoisotopic (exact) mass is 913 g/mol. The summed E-state index contributed by atoms with van der Waals surface area (Å²) < 4.78 is 25.3. The molecule has 0 unspecified atom stereocenters. The van der Waals surface area contributed by atoms with E-state index in [-0.39, 0.29) is 86.5 Å². The van der Waals surface area contributed by atoms with Crippen LogP contribution >= 0.6 is 0 Å². The zero-order valence-corrected chi connectivity index (χ0v) is 42.2. The van der Waals surface area contributed by atoms with Crippen molar-refractivity contribution < 1.29 is 89.0 Å². The summed E-state index contributed by atoms with van der Waals surface area (Å²) in [7, 11) is 3.30. The maximum atomic E-state index is 11.5. The van der Waals surface area contributed by atoms with Gasteiger partial charge in [0.1, 0.15) is 17.3 Å². The molecule has 0 saturated heterocycles. The predicted molar refractivity (Wildman–Crippen MR) is 220 cm³/mol. The van der Waals surface area contributed by atoms with Crippen LogP contribution in [-0.4, -0.2) is 99.7 Å². The van der Waals surface area contributed by atoms with Crippen molar-refractivity contribution in [2.45, 2.75) is 125 Å². The number of allylic oxidation sites excluding steroid dienone is 6. The molecule has 3 N–H and O–H groups in total. The third kappa shape index (κ3) is 39.2. The van der Waals surface area contributed by atoms with Gasteiger partial charge in [-0.2, -0.15) is 0 Å². The molecule has 0 spiro atoms. The Morgan fingerprint density at radius 3 is 0.655 bits per heavy atom. The van der Waals surface area contributed by atoms with Crippen LogP contribution in [0.15, 0.2) is 35.5 Å². The first-order valence-electron chi connectivity index (χ1n) is 18.6. The minimum atomic E-state index is -0.417. The maximum Gasteiger partial charge on any atom is 0.164 e. The van der Waals surface area contributed by atoms with Crippen molar-refractivity contribution >= 4 is 17.3 Å². The fourth-order valence-corrected chi connectivity index (χ4v) is 2.50. The number of aliphatic hydroxyl groups is 3. The zero-order chi connectivity index (χ0) is 43.8. The van der Waals surface area contributed by atoms with Crippen molar-refractivity contribution in [3.8, 4) is 0 Å². The zero-order valence-electron chi connectivity index (χ0n) is 38.6. The van der Waals surface area contributed by atoms with E-state index in [1.54, 1.807) is 14.2 Å². The van der Waals surface area contributed by atoms with Gasteiger partial charge in [-0.15, -0.1) is 0 Å². The number of methoxy groups -OCH3 is 2. The van der Waals surface area contributed by atoms with Gasteiger partial charge in [-0.1, -0.05) is 125 Å². The topological polar surface area (TPSA) is 158 Å². The van der Waals surface area contributed by atoms with Crippen molar-refractivity contribution in [2.75, 3.05) is 67.1 Å². The summed E-state index contributed by atoms with van der Waals surface area (Å²) >= 11 is 0. The van der Waals surface area contributed by atoms with Crippen molar-refractivity contribution in [2.24, 2.45) is 32.5 Å². The maximum absolute atomic E-state index is 11.5. The van der Waals surface area contributed by atoms with E-state index in [9.17, 15) is 29.7 Å². The van der Waals surface area contributed by atoms with Crippen molar-refractivity contribution in [1.82, 2.24) is 0 Å². The van der Waals surface area contributed by atoms with Crippen LogP contribution in [0.1, 0.15) is 125 Å². The molecule has 12 heteroatoms. The van der Waals surface area contributed by atoms with Gasteiger partial charge in [-0.3, -0.25) is 14.4 Å². The molecule has 1 radical (unpaired) electrons. The smallest absolute Gasteiger partial charge is 0.164 e. The van der Waals surface area contributed by atoms with Crippen LogP contribution in [0.3, 0.4) is 0 Å². The van der Waals surface area contributed by atoms with E-state index >= 15 is 0 Å². The molecule has 0 aliphatic heterocycles. The first kappa shape index (κ1) is 62.8. The van der Waals surface area contributed by atoms with E-state index in [2.05, 4.69) is 0 Å². The van der Waals surface area contributed by atoms with Crippen molar-refractivity contribution in [3.05, 3.63) is 35.5 Å². The molecular weight excluding hydrogens is 831 g/mol.